The van der Waals surface area contributed by atoms with Gasteiger partial charge in [0.1, 0.15) is 5.02 Å². The molecule has 94 valence electrons. The standard InChI is InChI=1S/C12H19ClN4/c1-2-9-4-3-6-17(7-5-9)11-10(13)8-15-12(14)16-11/h8-9H,2-7H2,1H3,(H2,14,15,16). The van der Waals surface area contributed by atoms with Crippen LogP contribution in [0.2, 0.25) is 5.02 Å². The third kappa shape index (κ3) is 3.00. The zero-order valence-electron chi connectivity index (χ0n) is 10.2. The SMILES string of the molecule is CCC1CCCN(c2nc(N)ncc2Cl)CC1. The summed E-state index contributed by atoms with van der Waals surface area (Å²) in [5.41, 5.74) is 5.62. The Morgan fingerprint density at radius 1 is 1.47 bits per heavy atom. The monoisotopic (exact) mass is 254 g/mol. The molecule has 1 aromatic rings. The summed E-state index contributed by atoms with van der Waals surface area (Å²) in [7, 11) is 0. The molecule has 0 amide bonds. The zero-order valence-corrected chi connectivity index (χ0v) is 11.0. The molecule has 0 spiro atoms. The van der Waals surface area contributed by atoms with Gasteiger partial charge in [0, 0.05) is 13.1 Å². The number of nitrogen functional groups attached to an aromatic ring is 1. The van der Waals surface area contributed by atoms with Crippen LogP contribution in [0.25, 0.3) is 0 Å². The Morgan fingerprint density at radius 2 is 2.29 bits per heavy atom. The van der Waals surface area contributed by atoms with Crippen LogP contribution >= 0.6 is 11.6 Å². The van der Waals surface area contributed by atoms with Crippen LogP contribution in [0.5, 0.6) is 0 Å². The molecule has 2 rings (SSSR count). The molecule has 5 heteroatoms. The fourth-order valence-electron chi connectivity index (χ4n) is 2.38. The highest BCUT2D eigenvalue weighted by atomic mass is 35.5. The maximum Gasteiger partial charge on any atom is 0.222 e. The number of nitrogens with two attached hydrogens (primary N) is 1. The summed E-state index contributed by atoms with van der Waals surface area (Å²) < 4.78 is 0. The van der Waals surface area contributed by atoms with Gasteiger partial charge in [-0.15, -0.1) is 0 Å². The maximum absolute atomic E-state index is 6.13. The van der Waals surface area contributed by atoms with Gasteiger partial charge >= 0.3 is 0 Å². The molecule has 1 aliphatic rings. The van der Waals surface area contributed by atoms with Crippen LogP contribution in [-0.4, -0.2) is 23.1 Å². The minimum atomic E-state index is 0.292. The second-order valence-corrected chi connectivity index (χ2v) is 5.00. The van der Waals surface area contributed by atoms with Gasteiger partial charge < -0.3 is 10.6 Å². The van der Waals surface area contributed by atoms with Crippen molar-refractivity contribution in [2.75, 3.05) is 23.7 Å². The Bertz CT molecular complexity index is 383. The Balaban J connectivity index is 2.13. The molecule has 4 nitrogen and oxygen atoms in total. The van der Waals surface area contributed by atoms with Crippen molar-refractivity contribution in [3.05, 3.63) is 11.2 Å². The molecular formula is C12H19ClN4. The van der Waals surface area contributed by atoms with Gasteiger partial charge in [-0.05, 0) is 25.2 Å². The summed E-state index contributed by atoms with van der Waals surface area (Å²) >= 11 is 6.13. The van der Waals surface area contributed by atoms with E-state index in [0.717, 1.165) is 24.8 Å². The van der Waals surface area contributed by atoms with Crippen LogP contribution in [0.4, 0.5) is 11.8 Å². The van der Waals surface area contributed by atoms with E-state index >= 15 is 0 Å². The van der Waals surface area contributed by atoms with Crippen LogP contribution < -0.4 is 10.6 Å². The quantitative estimate of drug-likeness (QED) is 0.882. The second kappa shape index (κ2) is 5.54. The van der Waals surface area contributed by atoms with Crippen molar-refractivity contribution in [3.63, 3.8) is 0 Å². The summed E-state index contributed by atoms with van der Waals surface area (Å²) in [6, 6.07) is 0. The molecule has 0 aromatic carbocycles. The van der Waals surface area contributed by atoms with Crippen molar-refractivity contribution in [2.24, 2.45) is 5.92 Å². The van der Waals surface area contributed by atoms with Gasteiger partial charge in [-0.25, -0.2) is 4.98 Å². The van der Waals surface area contributed by atoms with Crippen molar-refractivity contribution >= 4 is 23.4 Å². The molecule has 0 saturated carbocycles. The van der Waals surface area contributed by atoms with Gasteiger partial charge in [-0.2, -0.15) is 4.98 Å². The van der Waals surface area contributed by atoms with E-state index in [2.05, 4.69) is 21.8 Å². The van der Waals surface area contributed by atoms with Gasteiger partial charge in [0.05, 0.1) is 6.20 Å². The Hall–Kier alpha value is -1.03. The predicted molar refractivity (Wildman–Crippen MR) is 71.3 cm³/mol. The molecule has 1 unspecified atom stereocenters. The highest BCUT2D eigenvalue weighted by molar-refractivity contribution is 6.32. The maximum atomic E-state index is 6.13. The summed E-state index contributed by atoms with van der Waals surface area (Å²) in [5, 5.41) is 0.592. The first-order chi connectivity index (χ1) is 8.20. The average molecular weight is 255 g/mol. The summed E-state index contributed by atoms with van der Waals surface area (Å²) in [4.78, 5) is 10.4. The minimum absolute atomic E-state index is 0.292. The highest BCUT2D eigenvalue weighted by Gasteiger charge is 2.19. The van der Waals surface area contributed by atoms with Crippen molar-refractivity contribution < 1.29 is 0 Å². The number of rotatable bonds is 2. The summed E-state index contributed by atoms with van der Waals surface area (Å²) in [6.07, 6.45) is 6.54. The Morgan fingerprint density at radius 3 is 3.06 bits per heavy atom. The predicted octanol–water partition coefficient (Wildman–Crippen LogP) is 2.73. The third-order valence-electron chi connectivity index (χ3n) is 3.47. The van der Waals surface area contributed by atoms with E-state index in [9.17, 15) is 0 Å². The van der Waals surface area contributed by atoms with E-state index in [0.29, 0.717) is 11.0 Å². The first kappa shape index (κ1) is 12.4. The molecule has 2 N–H and O–H groups in total. The largest absolute Gasteiger partial charge is 0.368 e. The molecular weight excluding hydrogens is 236 g/mol. The van der Waals surface area contributed by atoms with E-state index in [1.807, 2.05) is 0 Å². The smallest absolute Gasteiger partial charge is 0.222 e. The Kier molecular flexibility index (Phi) is 4.05. The van der Waals surface area contributed by atoms with Crippen LogP contribution in [0.1, 0.15) is 32.6 Å². The molecule has 2 heterocycles. The molecule has 1 aromatic heterocycles. The average Bonchev–Trinajstić information content (AvgIpc) is 2.57. The van der Waals surface area contributed by atoms with E-state index in [4.69, 9.17) is 17.3 Å². The number of nitrogens with zero attached hydrogens (tertiary/aromatic N) is 3. The molecule has 1 atom stereocenters. The molecule has 1 fully saturated rings. The Labute approximate surface area is 107 Å². The van der Waals surface area contributed by atoms with Crippen LogP contribution in [0.3, 0.4) is 0 Å². The van der Waals surface area contributed by atoms with Crippen LogP contribution in [0, 0.1) is 5.92 Å². The number of hydrogen-bond donors (Lipinski definition) is 1. The first-order valence-electron chi connectivity index (χ1n) is 6.23. The second-order valence-electron chi connectivity index (χ2n) is 4.59. The van der Waals surface area contributed by atoms with Crippen molar-refractivity contribution in [2.45, 2.75) is 32.6 Å². The van der Waals surface area contributed by atoms with Crippen molar-refractivity contribution in [3.8, 4) is 0 Å². The molecule has 0 aliphatic carbocycles. The van der Waals surface area contributed by atoms with Crippen LogP contribution in [-0.2, 0) is 0 Å². The topological polar surface area (TPSA) is 55.0 Å². The lowest BCUT2D eigenvalue weighted by atomic mass is 9.98. The van der Waals surface area contributed by atoms with Gasteiger partial charge in [0.25, 0.3) is 0 Å². The van der Waals surface area contributed by atoms with E-state index < -0.39 is 0 Å². The van der Waals surface area contributed by atoms with Gasteiger partial charge in [0.2, 0.25) is 5.95 Å². The number of hydrogen-bond acceptors (Lipinski definition) is 4. The van der Waals surface area contributed by atoms with Crippen molar-refractivity contribution in [1.82, 2.24) is 9.97 Å². The lowest BCUT2D eigenvalue weighted by molar-refractivity contribution is 0.459. The number of aromatic nitrogens is 2. The molecule has 1 saturated heterocycles. The number of anilines is 2. The normalized spacial score (nSPS) is 21.3. The molecule has 1 aliphatic heterocycles. The number of halogens is 1. The zero-order chi connectivity index (χ0) is 12.3. The summed E-state index contributed by atoms with van der Waals surface area (Å²) in [5.74, 6) is 1.91. The molecule has 0 radical (unpaired) electrons. The fraction of sp³-hybridized carbons (Fsp3) is 0.667. The highest BCUT2D eigenvalue weighted by Crippen LogP contribution is 2.28. The summed E-state index contributed by atoms with van der Waals surface area (Å²) in [6.45, 7) is 4.28. The van der Waals surface area contributed by atoms with Crippen LogP contribution in [0.15, 0.2) is 6.20 Å². The third-order valence-corrected chi connectivity index (χ3v) is 3.74. The molecule has 17 heavy (non-hydrogen) atoms. The lowest BCUT2D eigenvalue weighted by Gasteiger charge is -2.22. The fourth-order valence-corrected chi connectivity index (χ4v) is 2.59. The van der Waals surface area contributed by atoms with Gasteiger partial charge in [-0.3, -0.25) is 0 Å². The first-order valence-corrected chi connectivity index (χ1v) is 6.61. The van der Waals surface area contributed by atoms with E-state index in [-0.39, 0.29) is 0 Å². The van der Waals surface area contributed by atoms with Gasteiger partial charge in [-0.1, -0.05) is 24.9 Å². The van der Waals surface area contributed by atoms with Crippen molar-refractivity contribution in [1.29, 1.82) is 0 Å². The molecule has 0 bridgehead atoms. The van der Waals surface area contributed by atoms with E-state index in [1.165, 1.54) is 25.7 Å². The minimum Gasteiger partial charge on any atom is -0.368 e. The van der Waals surface area contributed by atoms with Gasteiger partial charge in [0.15, 0.2) is 5.82 Å². The lowest BCUT2D eigenvalue weighted by Crippen LogP contribution is -2.26. The van der Waals surface area contributed by atoms with E-state index in [1.54, 1.807) is 6.20 Å².